The summed E-state index contributed by atoms with van der Waals surface area (Å²) in [6.07, 6.45) is 0.702. The lowest BCUT2D eigenvalue weighted by Crippen LogP contribution is -2.32. The van der Waals surface area contributed by atoms with Crippen molar-refractivity contribution < 1.29 is 9.18 Å². The zero-order valence-corrected chi connectivity index (χ0v) is 13.6. The van der Waals surface area contributed by atoms with E-state index >= 15 is 0 Å². The van der Waals surface area contributed by atoms with Crippen LogP contribution >= 0.6 is 11.8 Å². The smallest absolute Gasteiger partial charge is 0.233 e. The fraction of sp³-hybridized carbons (Fsp3) is 0.278. The summed E-state index contributed by atoms with van der Waals surface area (Å²) >= 11 is 1.55. The van der Waals surface area contributed by atoms with E-state index in [1.165, 1.54) is 17.7 Å². The molecule has 22 heavy (non-hydrogen) atoms. The van der Waals surface area contributed by atoms with E-state index in [0.717, 1.165) is 10.5 Å². The maximum Gasteiger partial charge on any atom is 0.233 e. The van der Waals surface area contributed by atoms with E-state index in [9.17, 15) is 9.18 Å². The van der Waals surface area contributed by atoms with Crippen LogP contribution in [0.15, 0.2) is 53.4 Å². The van der Waals surface area contributed by atoms with Crippen molar-refractivity contribution in [2.75, 3.05) is 6.54 Å². The Balaban J connectivity index is 1.76. The summed E-state index contributed by atoms with van der Waals surface area (Å²) in [5.74, 6) is -0.219. The monoisotopic (exact) mass is 317 g/mol. The number of carbonyl (C=O) groups is 1. The Bertz CT molecular complexity index is 610. The molecule has 1 N–H and O–H groups in total. The second-order valence-electron chi connectivity index (χ2n) is 5.24. The van der Waals surface area contributed by atoms with E-state index < -0.39 is 0 Å². The number of amides is 1. The molecule has 0 aliphatic rings. The Morgan fingerprint density at radius 3 is 2.41 bits per heavy atom. The third-order valence-corrected chi connectivity index (χ3v) is 4.44. The minimum Gasteiger partial charge on any atom is -0.355 e. The van der Waals surface area contributed by atoms with Gasteiger partial charge >= 0.3 is 0 Å². The van der Waals surface area contributed by atoms with Crippen molar-refractivity contribution >= 4 is 17.7 Å². The molecular weight excluding hydrogens is 297 g/mol. The van der Waals surface area contributed by atoms with Crippen LogP contribution in [-0.4, -0.2) is 17.7 Å². The second-order valence-corrected chi connectivity index (χ2v) is 6.65. The lowest BCUT2D eigenvalue weighted by Gasteiger charge is -2.12. The normalized spacial score (nSPS) is 12.0. The molecule has 0 bridgehead atoms. The highest BCUT2D eigenvalue weighted by molar-refractivity contribution is 8.00. The lowest BCUT2D eigenvalue weighted by atomic mass is 10.1. The number of hydrogen-bond donors (Lipinski definition) is 1. The highest BCUT2D eigenvalue weighted by atomic mass is 32.2. The molecule has 4 heteroatoms. The van der Waals surface area contributed by atoms with Gasteiger partial charge in [-0.15, -0.1) is 11.8 Å². The third kappa shape index (κ3) is 5.19. The number of thioether (sulfide) groups is 1. The summed E-state index contributed by atoms with van der Waals surface area (Å²) in [6.45, 7) is 4.50. The minimum absolute atomic E-state index is 0.0210. The van der Waals surface area contributed by atoms with Crippen LogP contribution < -0.4 is 5.32 Å². The maximum atomic E-state index is 12.8. The predicted octanol–water partition coefficient (Wildman–Crippen LogP) is 3.97. The lowest BCUT2D eigenvalue weighted by molar-refractivity contribution is -0.120. The average molecular weight is 317 g/mol. The molecule has 0 aliphatic heterocycles. The number of nitrogens with one attached hydrogen (secondary N) is 1. The molecule has 2 nitrogen and oxygen atoms in total. The molecule has 0 saturated heterocycles. The van der Waals surface area contributed by atoms with Gasteiger partial charge in [0.15, 0.2) is 0 Å². The van der Waals surface area contributed by atoms with Crippen LogP contribution in [0.1, 0.15) is 18.1 Å². The quantitative estimate of drug-likeness (QED) is 0.817. The topological polar surface area (TPSA) is 29.1 Å². The van der Waals surface area contributed by atoms with Crippen LogP contribution in [0.3, 0.4) is 0 Å². The van der Waals surface area contributed by atoms with Crippen LogP contribution in [0.25, 0.3) is 0 Å². The standard InChI is InChI=1S/C18H20FNOS/c1-13-3-9-17(10-4-13)22-14(2)18(21)20-12-11-15-5-7-16(19)8-6-15/h3-10,14H,11-12H2,1-2H3,(H,20,21)/t14-/m0/s1. The minimum atomic E-state index is -0.240. The first-order valence-corrected chi connectivity index (χ1v) is 8.18. The Morgan fingerprint density at radius 1 is 1.14 bits per heavy atom. The van der Waals surface area contributed by atoms with Crippen molar-refractivity contribution in [2.24, 2.45) is 0 Å². The van der Waals surface area contributed by atoms with Gasteiger partial charge in [0.1, 0.15) is 5.82 Å². The maximum absolute atomic E-state index is 12.8. The van der Waals surface area contributed by atoms with Crippen LogP contribution in [0, 0.1) is 12.7 Å². The predicted molar refractivity (Wildman–Crippen MR) is 89.6 cm³/mol. The number of aryl methyl sites for hydroxylation is 1. The summed E-state index contributed by atoms with van der Waals surface area (Å²) in [5, 5.41) is 2.78. The van der Waals surface area contributed by atoms with Crippen LogP contribution in [0.2, 0.25) is 0 Å². The van der Waals surface area contributed by atoms with Gasteiger partial charge in [-0.3, -0.25) is 4.79 Å². The molecule has 1 amide bonds. The second kappa shape index (κ2) is 7.99. The van der Waals surface area contributed by atoms with Gasteiger partial charge < -0.3 is 5.32 Å². The number of carbonyl (C=O) groups excluding carboxylic acids is 1. The molecule has 0 fully saturated rings. The largest absolute Gasteiger partial charge is 0.355 e. The molecule has 116 valence electrons. The summed E-state index contributed by atoms with van der Waals surface area (Å²) in [4.78, 5) is 13.2. The molecule has 0 radical (unpaired) electrons. The van der Waals surface area contributed by atoms with Crippen LogP contribution in [0.5, 0.6) is 0 Å². The first-order chi connectivity index (χ1) is 10.5. The molecule has 0 aromatic heterocycles. The van der Waals surface area contributed by atoms with Gasteiger partial charge in [-0.05, 0) is 50.1 Å². The first kappa shape index (κ1) is 16.6. The molecule has 2 aromatic carbocycles. The highest BCUT2D eigenvalue weighted by Gasteiger charge is 2.13. The summed E-state index contributed by atoms with van der Waals surface area (Å²) < 4.78 is 12.8. The van der Waals surface area contributed by atoms with Gasteiger partial charge in [0.2, 0.25) is 5.91 Å². The van der Waals surface area contributed by atoms with E-state index in [2.05, 4.69) is 5.32 Å². The Labute approximate surface area is 135 Å². The molecule has 0 unspecified atom stereocenters. The fourth-order valence-corrected chi connectivity index (χ4v) is 2.89. The van der Waals surface area contributed by atoms with Gasteiger partial charge in [-0.1, -0.05) is 29.8 Å². The summed E-state index contributed by atoms with van der Waals surface area (Å²) in [6, 6.07) is 14.5. The van der Waals surface area contributed by atoms with Crippen LogP contribution in [0.4, 0.5) is 4.39 Å². The van der Waals surface area contributed by atoms with Crippen molar-refractivity contribution in [2.45, 2.75) is 30.4 Å². The van der Waals surface area contributed by atoms with Gasteiger partial charge in [0, 0.05) is 11.4 Å². The molecule has 2 rings (SSSR count). The van der Waals surface area contributed by atoms with Crippen molar-refractivity contribution in [3.8, 4) is 0 Å². The Morgan fingerprint density at radius 2 is 1.77 bits per heavy atom. The Hall–Kier alpha value is -1.81. The average Bonchev–Trinajstić information content (AvgIpc) is 2.51. The fourth-order valence-electron chi connectivity index (χ4n) is 2.00. The summed E-state index contributed by atoms with van der Waals surface area (Å²) in [5.41, 5.74) is 2.22. The number of benzene rings is 2. The Kier molecular flexibility index (Phi) is 6.01. The zero-order valence-electron chi connectivity index (χ0n) is 12.8. The molecule has 0 saturated carbocycles. The van der Waals surface area contributed by atoms with E-state index in [1.807, 2.05) is 38.1 Å². The molecule has 0 aliphatic carbocycles. The zero-order chi connectivity index (χ0) is 15.9. The number of rotatable bonds is 6. The van der Waals surface area contributed by atoms with Gasteiger partial charge in [-0.25, -0.2) is 4.39 Å². The van der Waals surface area contributed by atoms with E-state index in [0.29, 0.717) is 13.0 Å². The molecule has 2 aromatic rings. The van der Waals surface area contributed by atoms with Gasteiger partial charge in [0.25, 0.3) is 0 Å². The number of halogens is 1. The van der Waals surface area contributed by atoms with Gasteiger partial charge in [-0.2, -0.15) is 0 Å². The first-order valence-electron chi connectivity index (χ1n) is 7.30. The summed E-state index contributed by atoms with van der Waals surface area (Å²) in [7, 11) is 0. The van der Waals surface area contributed by atoms with Crippen molar-refractivity contribution in [3.05, 3.63) is 65.5 Å². The molecule has 0 heterocycles. The number of hydrogen-bond acceptors (Lipinski definition) is 2. The van der Waals surface area contributed by atoms with Gasteiger partial charge in [0.05, 0.1) is 5.25 Å². The molecule has 0 spiro atoms. The van der Waals surface area contributed by atoms with E-state index in [4.69, 9.17) is 0 Å². The molecular formula is C18H20FNOS. The highest BCUT2D eigenvalue weighted by Crippen LogP contribution is 2.23. The van der Waals surface area contributed by atoms with Crippen molar-refractivity contribution in [1.29, 1.82) is 0 Å². The van der Waals surface area contributed by atoms with Crippen molar-refractivity contribution in [3.63, 3.8) is 0 Å². The SMILES string of the molecule is Cc1ccc(S[C@@H](C)C(=O)NCCc2ccc(F)cc2)cc1. The molecule has 1 atom stereocenters. The van der Waals surface area contributed by atoms with Crippen molar-refractivity contribution in [1.82, 2.24) is 5.32 Å². The van der Waals surface area contributed by atoms with E-state index in [-0.39, 0.29) is 17.0 Å². The third-order valence-electron chi connectivity index (χ3n) is 3.33. The van der Waals surface area contributed by atoms with Crippen LogP contribution in [-0.2, 0) is 11.2 Å². The van der Waals surface area contributed by atoms with E-state index in [1.54, 1.807) is 23.9 Å².